The van der Waals surface area contributed by atoms with E-state index in [1.807, 2.05) is 41.8 Å². The van der Waals surface area contributed by atoms with Crippen LogP contribution in [0.2, 0.25) is 0 Å². The number of aliphatic carboxylic acids is 1. The molecule has 4 aromatic rings. The number of nitrogens with one attached hydrogen (secondary N) is 1. The van der Waals surface area contributed by atoms with E-state index in [9.17, 15) is 19.4 Å². The normalized spacial score (nSPS) is 21.8. The van der Waals surface area contributed by atoms with Crippen molar-refractivity contribution < 1.29 is 24.1 Å². The third-order valence-corrected chi connectivity index (χ3v) is 8.31. The summed E-state index contributed by atoms with van der Waals surface area (Å²) < 4.78 is 20.9. The maximum Gasteiger partial charge on any atom is 0.309 e. The monoisotopic (exact) mass is 547 g/mol. The number of imidazole rings is 1. The van der Waals surface area contributed by atoms with Crippen LogP contribution in [-0.2, 0) is 16.8 Å². The molecule has 2 aromatic carbocycles. The van der Waals surface area contributed by atoms with Gasteiger partial charge >= 0.3 is 5.97 Å². The van der Waals surface area contributed by atoms with Crippen LogP contribution in [0.3, 0.4) is 0 Å². The molecular formula is C30H34FN5O4. The Morgan fingerprint density at radius 2 is 1.88 bits per heavy atom. The number of carbonyl (C=O) groups is 1. The molecule has 2 aromatic heterocycles. The number of aliphatic hydroxyl groups is 1. The lowest BCUT2D eigenvalue weighted by Crippen LogP contribution is -2.39. The standard InChI is InChI=1S/C30H34FN5O4/c1-29(10-12-30(2,13-11-29)28(38)39)27-35-23(24-25(32)33-14-15-36(24)27)19-6-4-18(5-7-19)17-34-26(37)21-16-20(31)8-9-22(21)40-3/h4-9,14-16,26,34,37H,10-13,17H2,1-3H3,(H2,32,33)(H,38,39)/t26?,29-,30+. The number of rotatable bonds is 8. The Morgan fingerprint density at radius 3 is 2.52 bits per heavy atom. The van der Waals surface area contributed by atoms with Crippen molar-refractivity contribution in [3.8, 4) is 17.0 Å². The molecule has 0 amide bonds. The molecular weight excluding hydrogens is 513 g/mol. The van der Waals surface area contributed by atoms with E-state index in [1.54, 1.807) is 6.20 Å². The fourth-order valence-electron chi connectivity index (χ4n) is 5.51. The van der Waals surface area contributed by atoms with Crippen LogP contribution in [0.25, 0.3) is 16.8 Å². The smallest absolute Gasteiger partial charge is 0.309 e. The van der Waals surface area contributed by atoms with E-state index in [1.165, 1.54) is 25.3 Å². The molecule has 5 N–H and O–H groups in total. The molecule has 5 rings (SSSR count). The number of hydrogen-bond acceptors (Lipinski definition) is 7. The van der Waals surface area contributed by atoms with Crippen molar-refractivity contribution in [1.29, 1.82) is 0 Å². The predicted molar refractivity (Wildman–Crippen MR) is 149 cm³/mol. The van der Waals surface area contributed by atoms with Crippen LogP contribution in [0, 0.1) is 11.2 Å². The number of carboxylic acids is 1. The molecule has 1 aliphatic rings. The second-order valence-corrected chi connectivity index (χ2v) is 11.1. The summed E-state index contributed by atoms with van der Waals surface area (Å²) in [5, 5.41) is 23.3. The highest BCUT2D eigenvalue weighted by atomic mass is 19.1. The fourth-order valence-corrected chi connectivity index (χ4v) is 5.51. The number of anilines is 1. The molecule has 0 bridgehead atoms. The zero-order valence-electron chi connectivity index (χ0n) is 22.8. The van der Waals surface area contributed by atoms with Crippen LogP contribution in [0.5, 0.6) is 5.75 Å². The van der Waals surface area contributed by atoms with E-state index in [0.717, 1.165) is 17.0 Å². The Morgan fingerprint density at radius 1 is 1.18 bits per heavy atom. The lowest BCUT2D eigenvalue weighted by Gasteiger charge is -2.40. The van der Waals surface area contributed by atoms with Crippen molar-refractivity contribution >= 4 is 17.3 Å². The van der Waals surface area contributed by atoms with E-state index in [2.05, 4.69) is 17.2 Å². The summed E-state index contributed by atoms with van der Waals surface area (Å²) in [4.78, 5) is 21.2. The lowest BCUT2D eigenvalue weighted by atomic mass is 9.65. The number of nitrogens with zero attached hydrogens (tertiary/aromatic N) is 3. The van der Waals surface area contributed by atoms with Gasteiger partial charge in [-0.3, -0.25) is 14.5 Å². The Balaban J connectivity index is 1.40. The van der Waals surface area contributed by atoms with Gasteiger partial charge in [0, 0.05) is 35.5 Å². The summed E-state index contributed by atoms with van der Waals surface area (Å²) in [6.45, 7) is 4.29. The van der Waals surface area contributed by atoms with Crippen LogP contribution in [0.4, 0.5) is 10.2 Å². The van der Waals surface area contributed by atoms with E-state index < -0.39 is 23.4 Å². The second kappa shape index (κ2) is 10.5. The van der Waals surface area contributed by atoms with Gasteiger partial charge in [0.2, 0.25) is 0 Å². The van der Waals surface area contributed by atoms with Crippen molar-refractivity contribution in [2.75, 3.05) is 12.8 Å². The van der Waals surface area contributed by atoms with Crippen LogP contribution >= 0.6 is 0 Å². The second-order valence-electron chi connectivity index (χ2n) is 11.1. The summed E-state index contributed by atoms with van der Waals surface area (Å²) in [5.74, 6) is 0.388. The number of hydrogen-bond donors (Lipinski definition) is 4. The Hall–Kier alpha value is -4.02. The van der Waals surface area contributed by atoms with Crippen molar-refractivity contribution in [3.63, 3.8) is 0 Å². The minimum Gasteiger partial charge on any atom is -0.496 e. The van der Waals surface area contributed by atoms with Crippen LogP contribution in [0.15, 0.2) is 54.9 Å². The molecule has 1 unspecified atom stereocenters. The van der Waals surface area contributed by atoms with Crippen LogP contribution in [-0.4, -0.2) is 37.7 Å². The molecule has 0 saturated heterocycles. The summed E-state index contributed by atoms with van der Waals surface area (Å²) in [6, 6.07) is 11.7. The Labute approximate surface area is 231 Å². The molecule has 0 spiro atoms. The number of nitrogens with two attached hydrogens (primary N) is 1. The summed E-state index contributed by atoms with van der Waals surface area (Å²) >= 11 is 0. The van der Waals surface area contributed by atoms with Gasteiger partial charge in [0.15, 0.2) is 0 Å². The van der Waals surface area contributed by atoms with Crippen molar-refractivity contribution in [1.82, 2.24) is 19.7 Å². The first-order chi connectivity index (χ1) is 19.0. The number of methoxy groups -OCH3 is 1. The minimum absolute atomic E-state index is 0.318. The molecule has 9 nitrogen and oxygen atoms in total. The number of nitrogen functional groups attached to an aromatic ring is 1. The van der Waals surface area contributed by atoms with E-state index in [0.29, 0.717) is 60.6 Å². The fraction of sp³-hybridized carbons (Fsp3) is 0.367. The molecule has 10 heteroatoms. The zero-order chi connectivity index (χ0) is 28.7. The van der Waals surface area contributed by atoms with Crippen molar-refractivity contribution in [2.24, 2.45) is 5.41 Å². The van der Waals surface area contributed by atoms with Crippen molar-refractivity contribution in [3.05, 3.63) is 77.6 Å². The first kappa shape index (κ1) is 27.5. The Bertz CT molecular complexity index is 1540. The van der Waals surface area contributed by atoms with Crippen LogP contribution < -0.4 is 15.8 Å². The van der Waals surface area contributed by atoms with Gasteiger partial charge in [0.1, 0.15) is 40.6 Å². The minimum atomic E-state index is -1.12. The first-order valence-corrected chi connectivity index (χ1v) is 13.3. The number of ether oxygens (including phenoxy) is 1. The van der Waals surface area contributed by atoms with Gasteiger partial charge < -0.3 is 20.7 Å². The van der Waals surface area contributed by atoms with Crippen LogP contribution in [0.1, 0.15) is 62.7 Å². The van der Waals surface area contributed by atoms with Gasteiger partial charge in [-0.05, 0) is 56.4 Å². The van der Waals surface area contributed by atoms with Gasteiger partial charge in [0.05, 0.1) is 12.5 Å². The maximum atomic E-state index is 13.7. The molecule has 1 aliphatic carbocycles. The average molecular weight is 548 g/mol. The van der Waals surface area contributed by atoms with E-state index in [4.69, 9.17) is 15.5 Å². The molecule has 210 valence electrons. The highest BCUT2D eigenvalue weighted by molar-refractivity contribution is 5.85. The third kappa shape index (κ3) is 5.00. The average Bonchev–Trinajstić information content (AvgIpc) is 3.35. The zero-order valence-corrected chi connectivity index (χ0v) is 22.8. The number of benzene rings is 2. The third-order valence-electron chi connectivity index (χ3n) is 8.31. The molecule has 40 heavy (non-hydrogen) atoms. The maximum absolute atomic E-state index is 13.7. The number of aromatic nitrogens is 3. The number of halogens is 1. The summed E-state index contributed by atoms with van der Waals surface area (Å²) in [6.07, 6.45) is 4.92. The molecule has 1 atom stereocenters. The highest BCUT2D eigenvalue weighted by Gasteiger charge is 2.45. The van der Waals surface area contributed by atoms with Gasteiger partial charge in [0.25, 0.3) is 0 Å². The number of aliphatic hydroxyl groups excluding tert-OH is 1. The topological polar surface area (TPSA) is 135 Å². The molecule has 0 aliphatic heterocycles. The number of fused-ring (bicyclic) bond motifs is 1. The SMILES string of the molecule is COc1ccc(F)cc1C(O)NCc1ccc(-c2nc([C@]3(C)CC[C@](C)(C(=O)O)CC3)n3ccnc(N)c23)cc1. The molecule has 0 radical (unpaired) electrons. The Kier molecular flexibility index (Phi) is 7.24. The molecule has 1 saturated carbocycles. The first-order valence-electron chi connectivity index (χ1n) is 13.3. The van der Waals surface area contributed by atoms with Gasteiger partial charge in [-0.15, -0.1) is 0 Å². The molecule has 1 fully saturated rings. The summed E-state index contributed by atoms with van der Waals surface area (Å²) in [7, 11) is 1.47. The van der Waals surface area contributed by atoms with Gasteiger partial charge in [-0.25, -0.2) is 14.4 Å². The van der Waals surface area contributed by atoms with E-state index in [-0.39, 0.29) is 5.41 Å². The number of carboxylic acid groups (broad SMARTS) is 1. The lowest BCUT2D eigenvalue weighted by molar-refractivity contribution is -0.150. The summed E-state index contributed by atoms with van der Waals surface area (Å²) in [5.41, 5.74) is 8.79. The largest absolute Gasteiger partial charge is 0.496 e. The highest BCUT2D eigenvalue weighted by Crippen LogP contribution is 2.47. The molecule has 2 heterocycles. The van der Waals surface area contributed by atoms with Gasteiger partial charge in [-0.1, -0.05) is 31.2 Å². The van der Waals surface area contributed by atoms with Gasteiger partial charge in [-0.2, -0.15) is 0 Å². The van der Waals surface area contributed by atoms with E-state index >= 15 is 0 Å². The quantitative estimate of drug-likeness (QED) is 0.231. The van der Waals surface area contributed by atoms with Crippen molar-refractivity contribution in [2.45, 2.75) is 57.7 Å². The predicted octanol–water partition coefficient (Wildman–Crippen LogP) is 4.83.